The van der Waals surface area contributed by atoms with Gasteiger partial charge in [0.1, 0.15) is 0 Å². The Morgan fingerprint density at radius 2 is 1.79 bits per heavy atom. The van der Waals surface area contributed by atoms with Crippen LogP contribution in [0.5, 0.6) is 0 Å². The highest BCUT2D eigenvalue weighted by Crippen LogP contribution is 2.26. The van der Waals surface area contributed by atoms with Gasteiger partial charge in [0.25, 0.3) is 10.2 Å². The molecule has 0 bridgehead atoms. The van der Waals surface area contributed by atoms with Crippen molar-refractivity contribution in [3.8, 4) is 0 Å². The molecule has 0 saturated heterocycles. The summed E-state index contributed by atoms with van der Waals surface area (Å²) < 4.78 is 27.3. The Morgan fingerprint density at radius 3 is 2.26 bits per heavy atom. The Morgan fingerprint density at radius 1 is 1.21 bits per heavy atom. The van der Waals surface area contributed by atoms with Crippen molar-refractivity contribution in [2.45, 2.75) is 19.4 Å². The van der Waals surface area contributed by atoms with E-state index < -0.39 is 10.2 Å². The fraction of sp³-hybridized carbons (Fsp3) is 0.538. The summed E-state index contributed by atoms with van der Waals surface area (Å²) in [6, 6.07) is 9.00. The quantitative estimate of drug-likeness (QED) is 0.820. The van der Waals surface area contributed by atoms with Crippen molar-refractivity contribution in [1.29, 1.82) is 0 Å². The van der Waals surface area contributed by atoms with Crippen LogP contribution < -0.4 is 0 Å². The molecule has 0 fully saturated rings. The largest absolute Gasteiger partial charge is 0.396 e. The van der Waals surface area contributed by atoms with Crippen LogP contribution in [0, 0.1) is 0 Å². The Bertz CT molecular complexity index is 476. The van der Waals surface area contributed by atoms with Gasteiger partial charge in [0.2, 0.25) is 0 Å². The van der Waals surface area contributed by atoms with Gasteiger partial charge in [0, 0.05) is 27.2 Å². The van der Waals surface area contributed by atoms with Crippen molar-refractivity contribution < 1.29 is 13.5 Å². The molecule has 5 nitrogen and oxygen atoms in total. The van der Waals surface area contributed by atoms with Gasteiger partial charge < -0.3 is 5.11 Å². The van der Waals surface area contributed by atoms with Crippen LogP contribution in [0.1, 0.15) is 24.9 Å². The average molecular weight is 286 g/mol. The number of aliphatic hydroxyl groups is 1. The van der Waals surface area contributed by atoms with Crippen molar-refractivity contribution in [2.75, 3.05) is 27.2 Å². The first-order valence-corrected chi connectivity index (χ1v) is 7.70. The highest BCUT2D eigenvalue weighted by Gasteiger charge is 2.29. The average Bonchev–Trinajstić information content (AvgIpc) is 2.43. The number of hydrogen-bond donors (Lipinski definition) is 1. The third-order valence-electron chi connectivity index (χ3n) is 3.23. The molecule has 0 spiro atoms. The first-order chi connectivity index (χ1) is 8.95. The van der Waals surface area contributed by atoms with Gasteiger partial charge in [-0.2, -0.15) is 17.0 Å². The van der Waals surface area contributed by atoms with E-state index in [9.17, 15) is 13.5 Å². The Hall–Kier alpha value is -0.950. The second-order valence-corrected chi connectivity index (χ2v) is 6.47. The molecule has 0 amide bonds. The van der Waals surface area contributed by atoms with Gasteiger partial charge in [0.15, 0.2) is 0 Å². The third-order valence-corrected chi connectivity index (χ3v) is 5.26. The predicted octanol–water partition coefficient (Wildman–Crippen LogP) is 1.24. The van der Waals surface area contributed by atoms with Gasteiger partial charge in [-0.25, -0.2) is 0 Å². The molecule has 108 valence electrons. The molecule has 0 aliphatic rings. The van der Waals surface area contributed by atoms with Crippen LogP contribution in [0.4, 0.5) is 0 Å². The summed E-state index contributed by atoms with van der Waals surface area (Å²) in [5, 5.41) is 9.17. The topological polar surface area (TPSA) is 60.9 Å². The molecule has 0 saturated carbocycles. The van der Waals surface area contributed by atoms with E-state index in [-0.39, 0.29) is 12.6 Å². The van der Waals surface area contributed by atoms with Crippen molar-refractivity contribution in [1.82, 2.24) is 8.61 Å². The molecule has 1 aromatic rings. The van der Waals surface area contributed by atoms with Crippen LogP contribution in [-0.2, 0) is 10.2 Å². The second kappa shape index (κ2) is 7.00. The summed E-state index contributed by atoms with van der Waals surface area (Å²) in [5.74, 6) is 0. The van der Waals surface area contributed by atoms with Crippen molar-refractivity contribution in [3.05, 3.63) is 35.9 Å². The zero-order valence-electron chi connectivity index (χ0n) is 11.7. The lowest BCUT2D eigenvalue weighted by Crippen LogP contribution is -2.41. The highest BCUT2D eigenvalue weighted by atomic mass is 32.2. The molecule has 1 N–H and O–H groups in total. The number of hydrogen-bond acceptors (Lipinski definition) is 3. The molecule has 0 heterocycles. The zero-order valence-corrected chi connectivity index (χ0v) is 12.5. The van der Waals surface area contributed by atoms with E-state index in [4.69, 9.17) is 0 Å². The summed E-state index contributed by atoms with van der Waals surface area (Å²) in [5.41, 5.74) is 0.882. The standard InChI is InChI=1S/C13H22N2O3S/c1-4-14(2)19(17,18)15(3)13(10-11-16)12-8-6-5-7-9-12/h5-9,13,16H,4,10-11H2,1-3H3. The monoisotopic (exact) mass is 286 g/mol. The lowest BCUT2D eigenvalue weighted by Gasteiger charge is -2.30. The smallest absolute Gasteiger partial charge is 0.282 e. The molecule has 1 unspecified atom stereocenters. The maximum atomic E-state index is 12.3. The van der Waals surface area contributed by atoms with Gasteiger partial charge in [0.05, 0.1) is 6.04 Å². The van der Waals surface area contributed by atoms with Crippen molar-refractivity contribution in [3.63, 3.8) is 0 Å². The van der Waals surface area contributed by atoms with Gasteiger partial charge in [-0.3, -0.25) is 0 Å². The number of aliphatic hydroxyl groups excluding tert-OH is 1. The van der Waals surface area contributed by atoms with E-state index in [0.717, 1.165) is 5.56 Å². The zero-order chi connectivity index (χ0) is 14.5. The molecular formula is C13H22N2O3S. The first-order valence-electron chi connectivity index (χ1n) is 6.30. The van der Waals surface area contributed by atoms with E-state index in [0.29, 0.717) is 13.0 Å². The van der Waals surface area contributed by atoms with Crippen LogP contribution in [0.25, 0.3) is 0 Å². The van der Waals surface area contributed by atoms with Crippen molar-refractivity contribution in [2.24, 2.45) is 0 Å². The summed E-state index contributed by atoms with van der Waals surface area (Å²) in [7, 11) is -0.404. The van der Waals surface area contributed by atoms with E-state index in [1.54, 1.807) is 21.0 Å². The maximum absolute atomic E-state index is 12.3. The number of nitrogens with zero attached hydrogens (tertiary/aromatic N) is 2. The molecule has 0 aliphatic carbocycles. The Labute approximate surface area is 115 Å². The Kier molecular flexibility index (Phi) is 5.93. The van der Waals surface area contributed by atoms with E-state index >= 15 is 0 Å². The first kappa shape index (κ1) is 16.1. The van der Waals surface area contributed by atoms with Crippen LogP contribution in [0.2, 0.25) is 0 Å². The lowest BCUT2D eigenvalue weighted by molar-refractivity contribution is 0.234. The van der Waals surface area contributed by atoms with Crippen LogP contribution in [0.15, 0.2) is 30.3 Å². The van der Waals surface area contributed by atoms with Gasteiger partial charge in [-0.1, -0.05) is 37.3 Å². The molecule has 6 heteroatoms. The van der Waals surface area contributed by atoms with Gasteiger partial charge in [-0.05, 0) is 12.0 Å². The minimum Gasteiger partial charge on any atom is -0.396 e. The summed E-state index contributed by atoms with van der Waals surface area (Å²) in [6.07, 6.45) is 0.372. The van der Waals surface area contributed by atoms with Crippen molar-refractivity contribution >= 4 is 10.2 Å². The third kappa shape index (κ3) is 3.76. The van der Waals surface area contributed by atoms with E-state index in [1.165, 1.54) is 8.61 Å². The molecule has 1 aromatic carbocycles. The highest BCUT2D eigenvalue weighted by molar-refractivity contribution is 7.86. The summed E-state index contributed by atoms with van der Waals surface area (Å²) >= 11 is 0. The lowest BCUT2D eigenvalue weighted by atomic mass is 10.0. The number of benzene rings is 1. The van der Waals surface area contributed by atoms with Crippen LogP contribution in [0.3, 0.4) is 0 Å². The minimum absolute atomic E-state index is 0.0603. The molecule has 1 rings (SSSR count). The van der Waals surface area contributed by atoms with E-state index in [1.807, 2.05) is 30.3 Å². The number of rotatable bonds is 7. The second-order valence-electron chi connectivity index (χ2n) is 4.38. The fourth-order valence-electron chi connectivity index (χ4n) is 1.90. The molecular weight excluding hydrogens is 264 g/mol. The van der Waals surface area contributed by atoms with Gasteiger partial charge >= 0.3 is 0 Å². The minimum atomic E-state index is -3.50. The molecule has 0 aromatic heterocycles. The normalized spacial score (nSPS) is 14.0. The van der Waals surface area contributed by atoms with Crippen LogP contribution >= 0.6 is 0 Å². The van der Waals surface area contributed by atoms with E-state index in [2.05, 4.69) is 0 Å². The molecule has 0 aliphatic heterocycles. The van der Waals surface area contributed by atoms with Gasteiger partial charge in [-0.15, -0.1) is 0 Å². The fourth-order valence-corrected chi connectivity index (χ4v) is 3.21. The SMILES string of the molecule is CCN(C)S(=O)(=O)N(C)C(CCO)c1ccccc1. The maximum Gasteiger partial charge on any atom is 0.282 e. The predicted molar refractivity (Wildman–Crippen MR) is 75.9 cm³/mol. The molecule has 1 atom stereocenters. The molecule has 0 radical (unpaired) electrons. The van der Waals surface area contributed by atoms with Crippen LogP contribution in [-0.4, -0.2) is 49.4 Å². The Balaban J connectivity index is 3.07. The summed E-state index contributed by atoms with van der Waals surface area (Å²) in [6.45, 7) is 2.14. The summed E-state index contributed by atoms with van der Waals surface area (Å²) in [4.78, 5) is 0. The molecule has 19 heavy (non-hydrogen) atoms.